The zero-order valence-corrected chi connectivity index (χ0v) is 12.4. The normalized spacial score (nSPS) is 10.5. The molecule has 2 N–H and O–H groups in total. The molecule has 0 radical (unpaired) electrons. The monoisotopic (exact) mass is 322 g/mol. The second kappa shape index (κ2) is 5.44. The molecule has 0 aliphatic rings. The molecular formula is C13H15BrN4O. The molecule has 1 aromatic heterocycles. The third kappa shape index (κ3) is 3.14. The van der Waals surface area contributed by atoms with Crippen molar-refractivity contribution in [1.82, 2.24) is 14.7 Å². The van der Waals surface area contributed by atoms with Gasteiger partial charge in [0, 0.05) is 42.6 Å². The summed E-state index contributed by atoms with van der Waals surface area (Å²) in [5.74, 6) is -0.109. The Kier molecular flexibility index (Phi) is 3.90. The molecule has 0 spiro atoms. The maximum Gasteiger partial charge on any atom is 0.256 e. The maximum atomic E-state index is 12.3. The molecule has 0 atom stereocenters. The van der Waals surface area contributed by atoms with E-state index in [1.807, 2.05) is 19.3 Å². The summed E-state index contributed by atoms with van der Waals surface area (Å²) in [6.07, 6.45) is 3.63. The molecule has 19 heavy (non-hydrogen) atoms. The van der Waals surface area contributed by atoms with Crippen LogP contribution >= 0.6 is 15.9 Å². The number of nitrogens with zero attached hydrogens (tertiary/aromatic N) is 3. The minimum absolute atomic E-state index is 0.109. The Morgan fingerprint density at radius 3 is 2.89 bits per heavy atom. The Bertz CT molecular complexity index is 608. The molecular weight excluding hydrogens is 308 g/mol. The van der Waals surface area contributed by atoms with Gasteiger partial charge in [-0.1, -0.05) is 15.9 Å². The highest BCUT2D eigenvalue weighted by Crippen LogP contribution is 2.20. The molecule has 100 valence electrons. The lowest BCUT2D eigenvalue weighted by atomic mass is 10.1. The van der Waals surface area contributed by atoms with E-state index in [9.17, 15) is 4.79 Å². The quantitative estimate of drug-likeness (QED) is 0.879. The third-order valence-corrected chi connectivity index (χ3v) is 3.26. The number of nitrogens with two attached hydrogens (primary N) is 1. The van der Waals surface area contributed by atoms with Crippen LogP contribution < -0.4 is 5.73 Å². The molecule has 0 saturated heterocycles. The minimum Gasteiger partial charge on any atom is -0.398 e. The molecule has 0 aliphatic carbocycles. The first-order valence-electron chi connectivity index (χ1n) is 5.75. The fourth-order valence-electron chi connectivity index (χ4n) is 1.82. The number of hydrogen-bond donors (Lipinski definition) is 1. The number of aromatic nitrogens is 2. The Labute approximate surface area is 120 Å². The van der Waals surface area contributed by atoms with Crippen LogP contribution in [0.1, 0.15) is 15.9 Å². The van der Waals surface area contributed by atoms with Crippen LogP contribution in [0.4, 0.5) is 5.69 Å². The lowest BCUT2D eigenvalue weighted by molar-refractivity contribution is 0.0786. The molecule has 0 aliphatic heterocycles. The van der Waals surface area contributed by atoms with Crippen LogP contribution in [0.25, 0.3) is 0 Å². The number of aryl methyl sites for hydroxylation is 1. The van der Waals surface area contributed by atoms with Gasteiger partial charge in [0.25, 0.3) is 5.91 Å². The molecule has 5 nitrogen and oxygen atoms in total. The van der Waals surface area contributed by atoms with Crippen LogP contribution in [0.15, 0.2) is 35.1 Å². The standard InChI is InChI=1S/C13H15BrN4O/c1-17(7-9-6-16-18(2)8-9)13(19)11-5-10(14)3-4-12(11)15/h3-6,8H,7,15H2,1-2H3. The summed E-state index contributed by atoms with van der Waals surface area (Å²) in [6.45, 7) is 0.499. The van der Waals surface area contributed by atoms with Crippen LogP contribution in [0.2, 0.25) is 0 Å². The van der Waals surface area contributed by atoms with Gasteiger partial charge in [0.2, 0.25) is 0 Å². The van der Waals surface area contributed by atoms with Crippen molar-refractivity contribution < 1.29 is 4.79 Å². The van der Waals surface area contributed by atoms with Crippen molar-refractivity contribution >= 4 is 27.5 Å². The van der Waals surface area contributed by atoms with E-state index in [-0.39, 0.29) is 5.91 Å². The summed E-state index contributed by atoms with van der Waals surface area (Å²) in [6, 6.07) is 5.26. The number of halogens is 1. The highest BCUT2D eigenvalue weighted by Gasteiger charge is 2.15. The summed E-state index contributed by atoms with van der Waals surface area (Å²) in [7, 11) is 3.59. The molecule has 1 aromatic carbocycles. The van der Waals surface area contributed by atoms with E-state index in [4.69, 9.17) is 5.73 Å². The number of carbonyl (C=O) groups excluding carboxylic acids is 1. The number of amides is 1. The number of carbonyl (C=O) groups is 1. The van der Waals surface area contributed by atoms with Crippen molar-refractivity contribution in [3.8, 4) is 0 Å². The number of anilines is 1. The van der Waals surface area contributed by atoms with Crippen LogP contribution in [0.5, 0.6) is 0 Å². The first kappa shape index (κ1) is 13.6. The van der Waals surface area contributed by atoms with Crippen molar-refractivity contribution in [1.29, 1.82) is 0 Å². The minimum atomic E-state index is -0.109. The highest BCUT2D eigenvalue weighted by atomic mass is 79.9. The zero-order valence-electron chi connectivity index (χ0n) is 10.8. The summed E-state index contributed by atoms with van der Waals surface area (Å²) < 4.78 is 2.54. The van der Waals surface area contributed by atoms with Gasteiger partial charge in [0.05, 0.1) is 11.8 Å². The van der Waals surface area contributed by atoms with E-state index in [0.717, 1.165) is 10.0 Å². The van der Waals surface area contributed by atoms with Gasteiger partial charge in [0.15, 0.2) is 0 Å². The predicted molar refractivity (Wildman–Crippen MR) is 77.6 cm³/mol. The SMILES string of the molecule is CN(Cc1cnn(C)c1)C(=O)c1cc(Br)ccc1N. The first-order valence-corrected chi connectivity index (χ1v) is 6.54. The number of rotatable bonds is 3. The maximum absolute atomic E-state index is 12.3. The third-order valence-electron chi connectivity index (χ3n) is 2.77. The summed E-state index contributed by atoms with van der Waals surface area (Å²) in [5.41, 5.74) is 7.80. The average molecular weight is 323 g/mol. The lowest BCUT2D eigenvalue weighted by Gasteiger charge is -2.17. The van der Waals surface area contributed by atoms with Gasteiger partial charge in [-0.2, -0.15) is 5.10 Å². The van der Waals surface area contributed by atoms with E-state index in [1.165, 1.54) is 0 Å². The van der Waals surface area contributed by atoms with Gasteiger partial charge in [-0.05, 0) is 18.2 Å². The van der Waals surface area contributed by atoms with Crippen LogP contribution in [0, 0.1) is 0 Å². The van der Waals surface area contributed by atoms with Gasteiger partial charge in [0.1, 0.15) is 0 Å². The Morgan fingerprint density at radius 1 is 1.53 bits per heavy atom. The van der Waals surface area contributed by atoms with Gasteiger partial charge in [-0.25, -0.2) is 0 Å². The summed E-state index contributed by atoms with van der Waals surface area (Å²) in [4.78, 5) is 13.9. The highest BCUT2D eigenvalue weighted by molar-refractivity contribution is 9.10. The van der Waals surface area contributed by atoms with E-state index in [0.29, 0.717) is 17.8 Å². The molecule has 0 saturated carbocycles. The summed E-state index contributed by atoms with van der Waals surface area (Å²) in [5, 5.41) is 4.08. The van der Waals surface area contributed by atoms with Crippen molar-refractivity contribution in [3.63, 3.8) is 0 Å². The van der Waals surface area contributed by atoms with Gasteiger partial charge >= 0.3 is 0 Å². The average Bonchev–Trinajstić information content (AvgIpc) is 2.77. The second-order valence-corrected chi connectivity index (χ2v) is 5.33. The first-order chi connectivity index (χ1) is 8.97. The molecule has 2 rings (SSSR count). The van der Waals surface area contributed by atoms with Gasteiger partial charge < -0.3 is 10.6 Å². The van der Waals surface area contributed by atoms with Crippen molar-refractivity contribution in [2.45, 2.75) is 6.54 Å². The fraction of sp³-hybridized carbons (Fsp3) is 0.231. The topological polar surface area (TPSA) is 64.2 Å². The van der Waals surface area contributed by atoms with E-state index in [1.54, 1.807) is 35.0 Å². The molecule has 0 bridgehead atoms. The number of nitrogen functional groups attached to an aromatic ring is 1. The van der Waals surface area contributed by atoms with E-state index < -0.39 is 0 Å². The smallest absolute Gasteiger partial charge is 0.256 e. The zero-order chi connectivity index (χ0) is 14.0. The Hall–Kier alpha value is -1.82. The lowest BCUT2D eigenvalue weighted by Crippen LogP contribution is -2.26. The van der Waals surface area contributed by atoms with E-state index >= 15 is 0 Å². The molecule has 2 aromatic rings. The Morgan fingerprint density at radius 2 is 2.26 bits per heavy atom. The molecule has 1 heterocycles. The molecule has 1 amide bonds. The van der Waals surface area contributed by atoms with Crippen molar-refractivity contribution in [2.75, 3.05) is 12.8 Å². The molecule has 0 fully saturated rings. The molecule has 0 unspecified atom stereocenters. The van der Waals surface area contributed by atoms with Crippen LogP contribution in [-0.4, -0.2) is 27.6 Å². The summed E-state index contributed by atoms with van der Waals surface area (Å²) >= 11 is 3.34. The van der Waals surface area contributed by atoms with Gasteiger partial charge in [-0.3, -0.25) is 9.48 Å². The van der Waals surface area contributed by atoms with Crippen LogP contribution in [-0.2, 0) is 13.6 Å². The Balaban J connectivity index is 2.16. The van der Waals surface area contributed by atoms with Crippen molar-refractivity contribution in [2.24, 2.45) is 7.05 Å². The second-order valence-electron chi connectivity index (χ2n) is 4.42. The van der Waals surface area contributed by atoms with Gasteiger partial charge in [-0.15, -0.1) is 0 Å². The van der Waals surface area contributed by atoms with Crippen LogP contribution in [0.3, 0.4) is 0 Å². The largest absolute Gasteiger partial charge is 0.398 e. The van der Waals surface area contributed by atoms with E-state index in [2.05, 4.69) is 21.0 Å². The number of benzene rings is 1. The molecule has 6 heteroatoms. The predicted octanol–water partition coefficient (Wildman–Crippen LogP) is 2.04. The fourth-order valence-corrected chi connectivity index (χ4v) is 2.18. The number of hydrogen-bond acceptors (Lipinski definition) is 3. The van der Waals surface area contributed by atoms with Crippen molar-refractivity contribution in [3.05, 3.63) is 46.2 Å².